The molecule has 2 aromatic carbocycles. The number of hydrogen-bond acceptors (Lipinski definition) is 8. The molecule has 4 aromatic rings. The fourth-order valence-corrected chi connectivity index (χ4v) is 4.91. The molecule has 0 spiro atoms. The lowest BCUT2D eigenvalue weighted by Crippen LogP contribution is -2.41. The highest BCUT2D eigenvalue weighted by Crippen LogP contribution is 2.36. The molecule has 2 N–H and O–H groups in total. The number of benzene rings is 2. The van der Waals surface area contributed by atoms with E-state index < -0.39 is 0 Å². The van der Waals surface area contributed by atoms with Crippen LogP contribution in [-0.2, 0) is 4.79 Å². The number of fused-ring (bicyclic) bond motifs is 1. The van der Waals surface area contributed by atoms with Crippen molar-refractivity contribution in [2.24, 2.45) is 0 Å². The quantitative estimate of drug-likeness (QED) is 0.306. The number of amides is 1. The van der Waals surface area contributed by atoms with Crippen LogP contribution in [0, 0.1) is 0 Å². The van der Waals surface area contributed by atoms with E-state index in [-0.39, 0.29) is 11.9 Å². The molecule has 0 bridgehead atoms. The average Bonchev–Trinajstić information content (AvgIpc) is 3.34. The number of anilines is 1. The van der Waals surface area contributed by atoms with Gasteiger partial charge in [0.2, 0.25) is 0 Å². The Labute approximate surface area is 228 Å². The van der Waals surface area contributed by atoms with E-state index >= 15 is 0 Å². The van der Waals surface area contributed by atoms with Crippen LogP contribution < -0.4 is 19.9 Å². The van der Waals surface area contributed by atoms with E-state index in [0.29, 0.717) is 63.1 Å². The molecule has 1 saturated heterocycles. The second-order valence-corrected chi connectivity index (χ2v) is 9.80. The Morgan fingerprint density at radius 2 is 1.82 bits per heavy atom. The van der Waals surface area contributed by atoms with Crippen LogP contribution in [0.1, 0.15) is 18.9 Å². The summed E-state index contributed by atoms with van der Waals surface area (Å²) in [6, 6.07) is 12.9. The zero-order valence-electron chi connectivity index (χ0n) is 21.1. The van der Waals surface area contributed by atoms with Gasteiger partial charge in [0.15, 0.2) is 17.1 Å². The fourth-order valence-electron chi connectivity index (χ4n) is 4.66. The van der Waals surface area contributed by atoms with Crippen LogP contribution in [0.15, 0.2) is 59.9 Å². The molecule has 3 heterocycles. The van der Waals surface area contributed by atoms with Crippen molar-refractivity contribution in [1.29, 1.82) is 0 Å². The van der Waals surface area contributed by atoms with Crippen LogP contribution in [0.3, 0.4) is 0 Å². The lowest BCUT2D eigenvalue weighted by molar-refractivity contribution is -0.127. The third-order valence-electron chi connectivity index (χ3n) is 6.50. The highest BCUT2D eigenvalue weighted by Gasteiger charge is 2.29. The molecule has 1 aliphatic heterocycles. The Kier molecular flexibility index (Phi) is 7.19. The number of ether oxygens (including phenoxy) is 3. The number of carbonyl (C=O) groups excluding carboxylic acids is 1. The minimum Gasteiger partial charge on any atom is -0.493 e. The Bertz CT molecular complexity index is 1500. The SMILES string of the molecule is C=C(Br)C(=O)N1CCCC(n2nc(-c3ccc(Oc4ccc(OC)c(OC)c4)cc3)c3c(N)ncnc32)C1. The molecule has 196 valence electrons. The lowest BCUT2D eigenvalue weighted by Gasteiger charge is -2.32. The zero-order valence-corrected chi connectivity index (χ0v) is 22.6. The summed E-state index contributed by atoms with van der Waals surface area (Å²) in [6.07, 6.45) is 3.14. The van der Waals surface area contributed by atoms with Crippen molar-refractivity contribution in [2.45, 2.75) is 18.9 Å². The Balaban J connectivity index is 1.45. The molecule has 0 saturated carbocycles. The van der Waals surface area contributed by atoms with Gasteiger partial charge in [0.25, 0.3) is 5.91 Å². The van der Waals surface area contributed by atoms with Crippen molar-refractivity contribution in [3.8, 4) is 34.3 Å². The molecular formula is C27H27BrN6O4. The van der Waals surface area contributed by atoms with Crippen molar-refractivity contribution < 1.29 is 19.0 Å². The first kappa shape index (κ1) is 25.5. The molecule has 2 aromatic heterocycles. The van der Waals surface area contributed by atoms with Gasteiger partial charge in [-0.1, -0.05) is 6.58 Å². The molecule has 1 atom stereocenters. The first-order valence-electron chi connectivity index (χ1n) is 12.0. The molecule has 11 heteroatoms. The van der Waals surface area contributed by atoms with Gasteiger partial charge in [0.1, 0.15) is 29.3 Å². The van der Waals surface area contributed by atoms with E-state index in [4.69, 9.17) is 25.0 Å². The van der Waals surface area contributed by atoms with E-state index in [1.54, 1.807) is 31.3 Å². The van der Waals surface area contributed by atoms with Gasteiger partial charge in [-0.05, 0) is 65.2 Å². The number of nitrogen functional groups attached to an aromatic ring is 1. The van der Waals surface area contributed by atoms with E-state index in [2.05, 4.69) is 32.5 Å². The third-order valence-corrected chi connectivity index (χ3v) is 6.84. The van der Waals surface area contributed by atoms with Gasteiger partial charge < -0.3 is 24.8 Å². The fraction of sp³-hybridized carbons (Fsp3) is 0.259. The summed E-state index contributed by atoms with van der Waals surface area (Å²) in [7, 11) is 3.17. The van der Waals surface area contributed by atoms with Gasteiger partial charge in [0, 0.05) is 24.7 Å². The average molecular weight is 579 g/mol. The van der Waals surface area contributed by atoms with Gasteiger partial charge in [-0.25, -0.2) is 14.6 Å². The molecule has 0 radical (unpaired) electrons. The zero-order chi connectivity index (χ0) is 26.8. The molecule has 10 nitrogen and oxygen atoms in total. The van der Waals surface area contributed by atoms with Gasteiger partial charge in [0.05, 0.1) is 30.1 Å². The number of nitrogens with zero attached hydrogens (tertiary/aromatic N) is 5. The first-order chi connectivity index (χ1) is 18.4. The monoisotopic (exact) mass is 578 g/mol. The van der Waals surface area contributed by atoms with Crippen molar-refractivity contribution in [1.82, 2.24) is 24.6 Å². The van der Waals surface area contributed by atoms with Crippen LogP contribution in [0.5, 0.6) is 23.0 Å². The smallest absolute Gasteiger partial charge is 0.260 e. The summed E-state index contributed by atoms with van der Waals surface area (Å²) < 4.78 is 18.9. The Hall–Kier alpha value is -4.12. The van der Waals surface area contributed by atoms with Gasteiger partial charge in [-0.15, -0.1) is 0 Å². The number of hydrogen-bond donors (Lipinski definition) is 1. The number of aromatic nitrogens is 4. The van der Waals surface area contributed by atoms with Crippen LogP contribution in [-0.4, -0.2) is 57.9 Å². The topological polar surface area (TPSA) is 118 Å². The predicted octanol–water partition coefficient (Wildman–Crippen LogP) is 4.96. The molecule has 0 aliphatic carbocycles. The number of nitrogens with two attached hydrogens (primary N) is 1. The number of carbonyl (C=O) groups is 1. The summed E-state index contributed by atoms with van der Waals surface area (Å²) in [5, 5.41) is 5.60. The number of methoxy groups -OCH3 is 2. The summed E-state index contributed by atoms with van der Waals surface area (Å²) in [5.41, 5.74) is 8.45. The van der Waals surface area contributed by atoms with E-state index in [1.807, 2.05) is 35.0 Å². The maximum absolute atomic E-state index is 12.5. The minimum absolute atomic E-state index is 0.0576. The molecule has 38 heavy (non-hydrogen) atoms. The highest BCUT2D eigenvalue weighted by molar-refractivity contribution is 9.12. The van der Waals surface area contributed by atoms with Crippen molar-refractivity contribution in [3.05, 3.63) is 59.9 Å². The second kappa shape index (κ2) is 10.7. The normalized spacial score (nSPS) is 15.3. The number of halogens is 1. The molecule has 1 fully saturated rings. The van der Waals surface area contributed by atoms with Crippen molar-refractivity contribution in [3.63, 3.8) is 0 Å². The molecule has 1 unspecified atom stereocenters. The van der Waals surface area contributed by atoms with Crippen LogP contribution in [0.25, 0.3) is 22.3 Å². The molecule has 1 amide bonds. The van der Waals surface area contributed by atoms with E-state index in [1.165, 1.54) is 6.33 Å². The van der Waals surface area contributed by atoms with E-state index in [9.17, 15) is 4.79 Å². The Morgan fingerprint density at radius 3 is 2.53 bits per heavy atom. The molecular weight excluding hydrogens is 552 g/mol. The number of piperidine rings is 1. The van der Waals surface area contributed by atoms with Crippen LogP contribution in [0.4, 0.5) is 5.82 Å². The summed E-state index contributed by atoms with van der Waals surface area (Å²) in [6.45, 7) is 4.90. The maximum Gasteiger partial charge on any atom is 0.260 e. The predicted molar refractivity (Wildman–Crippen MR) is 148 cm³/mol. The van der Waals surface area contributed by atoms with Crippen molar-refractivity contribution >= 4 is 38.7 Å². The maximum atomic E-state index is 12.5. The number of likely N-dealkylation sites (tertiary alicyclic amines) is 1. The lowest BCUT2D eigenvalue weighted by atomic mass is 10.1. The van der Waals surface area contributed by atoms with Gasteiger partial charge in [-0.2, -0.15) is 5.10 Å². The van der Waals surface area contributed by atoms with E-state index in [0.717, 1.165) is 18.4 Å². The first-order valence-corrected chi connectivity index (χ1v) is 12.8. The Morgan fingerprint density at radius 1 is 1.08 bits per heavy atom. The van der Waals surface area contributed by atoms with Gasteiger partial charge >= 0.3 is 0 Å². The standard InChI is InChI=1S/C27H27BrN6O4/c1-16(28)27(35)33-12-4-5-18(14-33)34-26-23(25(29)30-15-31-26)24(32-34)17-6-8-19(9-7-17)38-20-10-11-21(36-2)22(13-20)37-3/h6-11,13,15,18H,1,4-5,12,14H2,2-3H3,(H2,29,30,31). The largest absolute Gasteiger partial charge is 0.493 e. The number of rotatable bonds is 7. The summed E-state index contributed by atoms with van der Waals surface area (Å²) >= 11 is 3.21. The van der Waals surface area contributed by atoms with Crippen LogP contribution in [0.2, 0.25) is 0 Å². The van der Waals surface area contributed by atoms with Crippen molar-refractivity contribution in [2.75, 3.05) is 33.0 Å². The summed E-state index contributed by atoms with van der Waals surface area (Å²) in [5.74, 6) is 2.69. The van der Waals surface area contributed by atoms with Crippen LogP contribution >= 0.6 is 15.9 Å². The summed E-state index contributed by atoms with van der Waals surface area (Å²) in [4.78, 5) is 23.0. The second-order valence-electron chi connectivity index (χ2n) is 8.85. The minimum atomic E-state index is -0.120. The molecule has 1 aliphatic rings. The molecule has 5 rings (SSSR count). The van der Waals surface area contributed by atoms with Gasteiger partial charge in [-0.3, -0.25) is 4.79 Å². The third kappa shape index (κ3) is 4.89. The highest BCUT2D eigenvalue weighted by atomic mass is 79.9.